The summed E-state index contributed by atoms with van der Waals surface area (Å²) >= 11 is 0. The molecule has 20 nitrogen and oxygen atoms in total. The van der Waals surface area contributed by atoms with E-state index >= 15 is 0 Å². The van der Waals surface area contributed by atoms with E-state index in [2.05, 4.69) is 35.6 Å². The Labute approximate surface area is 293 Å². The lowest BCUT2D eigenvalue weighted by Gasteiger charge is -2.20. The van der Waals surface area contributed by atoms with Crippen LogP contribution in [0.1, 0.15) is 48.3 Å². The van der Waals surface area contributed by atoms with Crippen molar-refractivity contribution in [3.05, 3.63) is 91.5 Å². The molecule has 52 heavy (non-hydrogen) atoms. The van der Waals surface area contributed by atoms with Gasteiger partial charge >= 0.3 is 35.2 Å². The van der Waals surface area contributed by atoms with E-state index in [1.807, 2.05) is 6.07 Å². The standard InChI is InChI=1S/C32H30N10O10/c1-2-50-26(43)7-5-18-10-20(28-35-8-3-9-36-28)13-22(11-18)51-30-27(42(48)49)29(38-23(31(44)45)14-21-16-34-17-37-21)39-32(40-30)52-25-12-19(15-33)4-6-24(25)41(46)47/h4,6,8,10-13,16-17,23,28,36H,2-3,5,7,9,14H2,1H3,(H,34,37)(H,44,45)(H,38,39,40). The molecule has 2 aromatic heterocycles. The first-order chi connectivity index (χ1) is 25.0. The van der Waals surface area contributed by atoms with Crippen LogP contribution in [-0.2, 0) is 27.2 Å². The number of rotatable bonds is 16. The van der Waals surface area contributed by atoms with Gasteiger partial charge in [0, 0.05) is 43.9 Å². The summed E-state index contributed by atoms with van der Waals surface area (Å²) in [5, 5.41) is 49.5. The summed E-state index contributed by atoms with van der Waals surface area (Å²) in [6, 6.07) is 7.70. The van der Waals surface area contributed by atoms with E-state index in [1.165, 1.54) is 24.7 Å². The molecule has 0 saturated carbocycles. The van der Waals surface area contributed by atoms with Crippen molar-refractivity contribution in [3.63, 3.8) is 0 Å². The van der Waals surface area contributed by atoms with Crippen LogP contribution in [0.5, 0.6) is 23.4 Å². The smallest absolute Gasteiger partial charge is 0.373 e. The van der Waals surface area contributed by atoms with Gasteiger partial charge in [-0.2, -0.15) is 15.2 Å². The molecule has 0 radical (unpaired) electrons. The van der Waals surface area contributed by atoms with Gasteiger partial charge in [-0.1, -0.05) is 6.07 Å². The fourth-order valence-corrected chi connectivity index (χ4v) is 5.05. The lowest BCUT2D eigenvalue weighted by molar-refractivity contribution is -0.385. The molecule has 2 aromatic carbocycles. The molecule has 0 fully saturated rings. The number of imidazole rings is 1. The van der Waals surface area contributed by atoms with Gasteiger partial charge in [-0.15, -0.1) is 0 Å². The van der Waals surface area contributed by atoms with Crippen LogP contribution in [-0.4, -0.2) is 72.2 Å². The second kappa shape index (κ2) is 16.6. The molecule has 2 atom stereocenters. The zero-order valence-corrected chi connectivity index (χ0v) is 27.3. The van der Waals surface area contributed by atoms with Crippen molar-refractivity contribution < 1.29 is 38.8 Å². The lowest BCUT2D eigenvalue weighted by Crippen LogP contribution is -2.32. The first-order valence-corrected chi connectivity index (χ1v) is 15.7. The number of nitrogens with zero attached hydrogens (tertiary/aromatic N) is 7. The summed E-state index contributed by atoms with van der Waals surface area (Å²) in [6.45, 7) is 2.49. The maximum Gasteiger partial charge on any atom is 0.373 e. The number of aliphatic imine (C=N–C) groups is 1. The van der Waals surface area contributed by atoms with Crippen LogP contribution in [0.3, 0.4) is 0 Å². The van der Waals surface area contributed by atoms with Crippen LogP contribution in [0.2, 0.25) is 0 Å². The SMILES string of the molecule is CCOC(=O)CCc1cc(Oc2nc(Oc3cc(C#N)ccc3[N+](=O)[O-])nc(NC(Cc3c[nH]cn3)C(=O)O)c2[N+](=O)[O-])cc(C2N=CCCN2)c1. The predicted octanol–water partition coefficient (Wildman–Crippen LogP) is 4.14. The van der Waals surface area contributed by atoms with E-state index in [1.54, 1.807) is 25.3 Å². The number of H-pyrrole nitrogens is 1. The summed E-state index contributed by atoms with van der Waals surface area (Å²) < 4.78 is 16.7. The van der Waals surface area contributed by atoms with Gasteiger partial charge in [0.25, 0.3) is 0 Å². The Morgan fingerprint density at radius 1 is 1.15 bits per heavy atom. The molecule has 5 rings (SSSR count). The average Bonchev–Trinajstić information content (AvgIpc) is 3.64. The monoisotopic (exact) mass is 714 g/mol. The van der Waals surface area contributed by atoms with Gasteiger partial charge in [0.2, 0.25) is 11.6 Å². The zero-order valence-electron chi connectivity index (χ0n) is 27.3. The number of nitro groups is 2. The number of aliphatic carboxylic acids is 1. The minimum atomic E-state index is -1.53. The molecule has 0 saturated heterocycles. The molecule has 20 heteroatoms. The molecule has 4 N–H and O–H groups in total. The average molecular weight is 715 g/mol. The number of benzene rings is 2. The summed E-state index contributed by atoms with van der Waals surface area (Å²) in [5.74, 6) is -3.71. The fraction of sp³-hybridized carbons (Fsp3) is 0.281. The number of aromatic nitrogens is 4. The lowest BCUT2D eigenvalue weighted by atomic mass is 10.0. The van der Waals surface area contributed by atoms with E-state index in [0.717, 1.165) is 12.1 Å². The Bertz CT molecular complexity index is 2050. The van der Waals surface area contributed by atoms with Crippen molar-refractivity contribution in [3.8, 4) is 29.5 Å². The molecular weight excluding hydrogens is 684 g/mol. The number of carbonyl (C=O) groups is 2. The van der Waals surface area contributed by atoms with Gasteiger partial charge in [-0.05, 0) is 49.1 Å². The van der Waals surface area contributed by atoms with Crippen molar-refractivity contribution >= 4 is 35.3 Å². The number of anilines is 1. The van der Waals surface area contributed by atoms with Crippen LogP contribution in [0.4, 0.5) is 17.2 Å². The third-order valence-electron chi connectivity index (χ3n) is 7.39. The Balaban J connectivity index is 1.63. The van der Waals surface area contributed by atoms with Crippen LogP contribution in [0, 0.1) is 31.6 Å². The van der Waals surface area contributed by atoms with E-state index in [4.69, 9.17) is 14.2 Å². The third kappa shape index (κ3) is 9.16. The number of carboxylic acid groups (broad SMARTS) is 1. The first-order valence-electron chi connectivity index (χ1n) is 15.7. The van der Waals surface area contributed by atoms with E-state index in [0.29, 0.717) is 29.8 Å². The van der Waals surface area contributed by atoms with Gasteiger partial charge in [0.15, 0.2) is 0 Å². The van der Waals surface area contributed by atoms with Crippen LogP contribution < -0.4 is 20.1 Å². The van der Waals surface area contributed by atoms with Crippen molar-refractivity contribution in [1.29, 1.82) is 5.26 Å². The van der Waals surface area contributed by atoms with Crippen LogP contribution in [0.25, 0.3) is 0 Å². The number of esters is 1. The Kier molecular flexibility index (Phi) is 11.6. The molecule has 268 valence electrons. The second-order valence-electron chi connectivity index (χ2n) is 11.0. The van der Waals surface area contributed by atoms with Gasteiger partial charge in [0.1, 0.15) is 18.0 Å². The number of ether oxygens (including phenoxy) is 3. The quantitative estimate of drug-likeness (QED) is 0.0720. The topological polar surface area (TPSA) is 283 Å². The number of hydrogen-bond donors (Lipinski definition) is 4. The van der Waals surface area contributed by atoms with Crippen molar-refractivity contribution in [1.82, 2.24) is 25.3 Å². The maximum absolute atomic E-state index is 12.6. The number of carboxylic acids is 1. The highest BCUT2D eigenvalue weighted by atomic mass is 16.6. The molecule has 1 aliphatic heterocycles. The number of hydrogen-bond acceptors (Lipinski definition) is 16. The fourth-order valence-electron chi connectivity index (χ4n) is 5.05. The number of nitrogens with one attached hydrogen (secondary N) is 3. The number of nitriles is 1. The summed E-state index contributed by atoms with van der Waals surface area (Å²) in [7, 11) is 0. The summed E-state index contributed by atoms with van der Waals surface area (Å²) in [5.41, 5.74) is -0.0168. The normalized spacial score (nSPS) is 14.1. The minimum absolute atomic E-state index is 0.0152. The van der Waals surface area contributed by atoms with Crippen molar-refractivity contribution in [2.75, 3.05) is 18.5 Å². The van der Waals surface area contributed by atoms with Gasteiger partial charge in [-0.25, -0.2) is 9.78 Å². The molecule has 1 aliphatic rings. The van der Waals surface area contributed by atoms with Gasteiger partial charge in [-0.3, -0.25) is 35.3 Å². The summed E-state index contributed by atoms with van der Waals surface area (Å²) in [6.07, 6.45) is 4.67. The van der Waals surface area contributed by atoms with E-state index in [9.17, 15) is 40.2 Å². The van der Waals surface area contributed by atoms with E-state index < -0.39 is 68.8 Å². The molecule has 0 aliphatic carbocycles. The molecule has 4 aromatic rings. The zero-order chi connectivity index (χ0) is 37.2. The number of carbonyl (C=O) groups excluding carboxylic acids is 1. The van der Waals surface area contributed by atoms with Gasteiger partial charge < -0.3 is 29.6 Å². The highest BCUT2D eigenvalue weighted by Crippen LogP contribution is 2.40. The number of aromatic amines is 1. The van der Waals surface area contributed by atoms with Gasteiger partial charge in [0.05, 0.1) is 40.1 Å². The van der Waals surface area contributed by atoms with Crippen LogP contribution >= 0.6 is 0 Å². The highest BCUT2D eigenvalue weighted by molar-refractivity contribution is 5.79. The van der Waals surface area contributed by atoms with Crippen molar-refractivity contribution in [2.24, 2.45) is 4.99 Å². The molecule has 0 bridgehead atoms. The molecule has 2 unspecified atom stereocenters. The maximum atomic E-state index is 12.6. The molecule has 0 spiro atoms. The second-order valence-corrected chi connectivity index (χ2v) is 11.0. The molecule has 0 amide bonds. The highest BCUT2D eigenvalue weighted by Gasteiger charge is 2.32. The molecular formula is C32H30N10O10. The predicted molar refractivity (Wildman–Crippen MR) is 179 cm³/mol. The first kappa shape index (κ1) is 36.3. The Morgan fingerprint density at radius 2 is 1.98 bits per heavy atom. The van der Waals surface area contributed by atoms with Crippen LogP contribution in [0.15, 0.2) is 53.9 Å². The molecule has 3 heterocycles. The Morgan fingerprint density at radius 3 is 2.63 bits per heavy atom. The van der Waals surface area contributed by atoms with E-state index in [-0.39, 0.29) is 37.2 Å². The number of aryl methyl sites for hydroxylation is 1. The summed E-state index contributed by atoms with van der Waals surface area (Å²) in [4.78, 5) is 66.4. The number of nitro benzene ring substituents is 1. The minimum Gasteiger partial charge on any atom is -0.480 e. The largest absolute Gasteiger partial charge is 0.480 e. The Hall–Kier alpha value is -7.01. The van der Waals surface area contributed by atoms with Crippen molar-refractivity contribution in [2.45, 2.75) is 44.8 Å². The third-order valence-corrected chi connectivity index (χ3v) is 7.39.